The van der Waals surface area contributed by atoms with Gasteiger partial charge in [-0.25, -0.2) is 14.6 Å². The number of carbonyl (C=O) groups excluding carboxylic acids is 1. The standard InChI is InChI=1S/C21H18N6O2S/c1-11(2)27-19-13(9-23-27)7-14(10-22-19)24-20(28)15-8-16(17-5-4-6-30-17)25-21-18(15)12(3)26-29-21/h4-11H,1-3H3,(H,24,28). The summed E-state index contributed by atoms with van der Waals surface area (Å²) in [5.74, 6) is -0.274. The van der Waals surface area contributed by atoms with Crippen molar-refractivity contribution in [2.75, 3.05) is 5.32 Å². The molecule has 0 radical (unpaired) electrons. The molecule has 0 spiro atoms. The average molecular weight is 418 g/mol. The van der Waals surface area contributed by atoms with E-state index < -0.39 is 0 Å². The number of hydrogen-bond donors (Lipinski definition) is 1. The minimum Gasteiger partial charge on any atom is -0.335 e. The molecule has 5 heterocycles. The summed E-state index contributed by atoms with van der Waals surface area (Å²) in [6.45, 7) is 5.89. The van der Waals surface area contributed by atoms with Crippen LogP contribution in [0.4, 0.5) is 5.69 Å². The molecule has 150 valence electrons. The van der Waals surface area contributed by atoms with Gasteiger partial charge in [-0.15, -0.1) is 11.3 Å². The highest BCUT2D eigenvalue weighted by molar-refractivity contribution is 7.13. The third-order valence-electron chi connectivity index (χ3n) is 4.82. The number of carbonyl (C=O) groups is 1. The van der Waals surface area contributed by atoms with Gasteiger partial charge in [0.1, 0.15) is 0 Å². The van der Waals surface area contributed by atoms with Gasteiger partial charge in [-0.05, 0) is 44.4 Å². The van der Waals surface area contributed by atoms with E-state index in [1.165, 1.54) is 0 Å². The Morgan fingerprint density at radius 1 is 1.27 bits per heavy atom. The predicted molar refractivity (Wildman–Crippen MR) is 116 cm³/mol. The SMILES string of the molecule is Cc1noc2nc(-c3cccs3)cc(C(=O)Nc3cnc4c(cnn4C(C)C)c3)c12. The molecule has 30 heavy (non-hydrogen) atoms. The number of hydrogen-bond acceptors (Lipinski definition) is 7. The van der Waals surface area contributed by atoms with Crippen molar-refractivity contribution < 1.29 is 9.32 Å². The minimum absolute atomic E-state index is 0.202. The smallest absolute Gasteiger partial charge is 0.259 e. The number of anilines is 1. The van der Waals surface area contributed by atoms with Gasteiger partial charge >= 0.3 is 0 Å². The molecule has 5 rings (SSSR count). The number of aromatic nitrogens is 5. The molecule has 0 saturated heterocycles. The van der Waals surface area contributed by atoms with Crippen LogP contribution in [0.15, 0.2) is 46.6 Å². The highest BCUT2D eigenvalue weighted by Gasteiger charge is 2.20. The van der Waals surface area contributed by atoms with E-state index in [4.69, 9.17) is 4.52 Å². The van der Waals surface area contributed by atoms with Crippen molar-refractivity contribution in [1.29, 1.82) is 0 Å². The zero-order valence-corrected chi connectivity index (χ0v) is 17.4. The molecule has 0 aromatic carbocycles. The lowest BCUT2D eigenvalue weighted by molar-refractivity contribution is 0.102. The molecule has 0 bridgehead atoms. The lowest BCUT2D eigenvalue weighted by atomic mass is 10.1. The molecule has 0 atom stereocenters. The lowest BCUT2D eigenvalue weighted by Crippen LogP contribution is -2.13. The van der Waals surface area contributed by atoms with Gasteiger partial charge < -0.3 is 9.84 Å². The Hall–Kier alpha value is -3.59. The molecule has 0 fully saturated rings. The maximum absolute atomic E-state index is 13.2. The van der Waals surface area contributed by atoms with Crippen LogP contribution in [0.3, 0.4) is 0 Å². The van der Waals surface area contributed by atoms with Crippen molar-refractivity contribution in [2.24, 2.45) is 0 Å². The van der Waals surface area contributed by atoms with E-state index in [1.807, 2.05) is 42.1 Å². The predicted octanol–water partition coefficient (Wildman–Crippen LogP) is 4.84. The molecule has 0 aliphatic rings. The Labute approximate surface area is 175 Å². The first-order valence-corrected chi connectivity index (χ1v) is 10.3. The van der Waals surface area contributed by atoms with Gasteiger partial charge in [0.25, 0.3) is 11.6 Å². The molecule has 8 nitrogen and oxygen atoms in total. The van der Waals surface area contributed by atoms with Crippen molar-refractivity contribution in [2.45, 2.75) is 26.8 Å². The molecule has 0 aliphatic heterocycles. The first kappa shape index (κ1) is 18.4. The maximum atomic E-state index is 13.2. The van der Waals surface area contributed by atoms with Crippen molar-refractivity contribution in [3.05, 3.63) is 53.3 Å². The molecular formula is C21H18N6O2S. The average Bonchev–Trinajstić information content (AvgIpc) is 3.47. The van der Waals surface area contributed by atoms with Crippen LogP contribution in [0.25, 0.3) is 32.7 Å². The van der Waals surface area contributed by atoms with Gasteiger partial charge in [0.15, 0.2) is 5.65 Å². The maximum Gasteiger partial charge on any atom is 0.259 e. The highest BCUT2D eigenvalue weighted by atomic mass is 32.1. The zero-order chi connectivity index (χ0) is 20.8. The van der Waals surface area contributed by atoms with E-state index in [9.17, 15) is 4.79 Å². The second-order valence-electron chi connectivity index (χ2n) is 7.25. The Kier molecular flexibility index (Phi) is 4.32. The first-order chi connectivity index (χ1) is 14.5. The fourth-order valence-corrected chi connectivity index (χ4v) is 4.10. The number of amides is 1. The Bertz CT molecular complexity index is 1380. The Morgan fingerprint density at radius 3 is 2.90 bits per heavy atom. The highest BCUT2D eigenvalue weighted by Crippen LogP contribution is 2.30. The van der Waals surface area contributed by atoms with Crippen LogP contribution < -0.4 is 5.32 Å². The van der Waals surface area contributed by atoms with Crippen molar-refractivity contribution in [3.63, 3.8) is 0 Å². The van der Waals surface area contributed by atoms with E-state index in [2.05, 4.69) is 25.5 Å². The number of thiophene rings is 1. The molecule has 1 amide bonds. The first-order valence-electron chi connectivity index (χ1n) is 9.47. The quantitative estimate of drug-likeness (QED) is 0.448. The van der Waals surface area contributed by atoms with Gasteiger partial charge in [0.05, 0.1) is 45.3 Å². The van der Waals surface area contributed by atoms with Gasteiger partial charge in [-0.1, -0.05) is 11.2 Å². The normalized spacial score (nSPS) is 11.6. The van der Waals surface area contributed by atoms with E-state index in [-0.39, 0.29) is 11.9 Å². The number of nitrogens with one attached hydrogen (secondary N) is 1. The van der Waals surface area contributed by atoms with Crippen LogP contribution in [0.2, 0.25) is 0 Å². The minimum atomic E-state index is -0.274. The second kappa shape index (κ2) is 7.03. The van der Waals surface area contributed by atoms with Crippen LogP contribution >= 0.6 is 11.3 Å². The number of nitrogens with zero attached hydrogens (tertiary/aromatic N) is 5. The molecule has 0 unspecified atom stereocenters. The summed E-state index contributed by atoms with van der Waals surface area (Å²) < 4.78 is 7.20. The molecular weight excluding hydrogens is 400 g/mol. The van der Waals surface area contributed by atoms with E-state index in [0.717, 1.165) is 15.9 Å². The number of pyridine rings is 2. The summed E-state index contributed by atoms with van der Waals surface area (Å²) in [5, 5.41) is 14.7. The van der Waals surface area contributed by atoms with Crippen molar-refractivity contribution in [1.82, 2.24) is 24.9 Å². The summed E-state index contributed by atoms with van der Waals surface area (Å²) >= 11 is 1.55. The van der Waals surface area contributed by atoms with Gasteiger partial charge in [-0.2, -0.15) is 5.10 Å². The topological polar surface area (TPSA) is 98.7 Å². The summed E-state index contributed by atoms with van der Waals surface area (Å²) in [6.07, 6.45) is 3.39. The lowest BCUT2D eigenvalue weighted by Gasteiger charge is -2.09. The van der Waals surface area contributed by atoms with E-state index in [0.29, 0.717) is 33.7 Å². The molecule has 9 heteroatoms. The fraction of sp³-hybridized carbons (Fsp3) is 0.190. The number of aryl methyl sites for hydroxylation is 1. The van der Waals surface area contributed by atoms with E-state index >= 15 is 0 Å². The second-order valence-corrected chi connectivity index (χ2v) is 8.20. The number of rotatable bonds is 4. The molecule has 5 aromatic heterocycles. The summed E-state index contributed by atoms with van der Waals surface area (Å²) in [7, 11) is 0. The largest absolute Gasteiger partial charge is 0.335 e. The van der Waals surface area contributed by atoms with Crippen LogP contribution in [0, 0.1) is 6.92 Å². The number of fused-ring (bicyclic) bond motifs is 2. The van der Waals surface area contributed by atoms with Crippen LogP contribution in [-0.2, 0) is 0 Å². The van der Waals surface area contributed by atoms with Gasteiger partial charge in [-0.3, -0.25) is 4.79 Å². The molecule has 0 saturated carbocycles. The van der Waals surface area contributed by atoms with Gasteiger partial charge in [0.2, 0.25) is 0 Å². The Balaban J connectivity index is 1.54. The van der Waals surface area contributed by atoms with Crippen molar-refractivity contribution >= 4 is 45.1 Å². The molecule has 5 aromatic rings. The summed E-state index contributed by atoms with van der Waals surface area (Å²) in [4.78, 5) is 23.2. The third kappa shape index (κ3) is 3.03. The zero-order valence-electron chi connectivity index (χ0n) is 16.6. The summed E-state index contributed by atoms with van der Waals surface area (Å²) in [6, 6.07) is 7.73. The summed E-state index contributed by atoms with van der Waals surface area (Å²) in [5.41, 5.74) is 3.46. The van der Waals surface area contributed by atoms with Crippen molar-refractivity contribution in [3.8, 4) is 10.6 Å². The Morgan fingerprint density at radius 2 is 2.13 bits per heavy atom. The third-order valence-corrected chi connectivity index (χ3v) is 5.71. The fourth-order valence-electron chi connectivity index (χ4n) is 3.41. The van der Waals surface area contributed by atoms with Crippen LogP contribution in [0.1, 0.15) is 35.9 Å². The molecule has 1 N–H and O–H groups in total. The van der Waals surface area contributed by atoms with Crippen LogP contribution in [0.5, 0.6) is 0 Å². The van der Waals surface area contributed by atoms with E-state index in [1.54, 1.807) is 36.7 Å². The van der Waals surface area contributed by atoms with Gasteiger partial charge in [0, 0.05) is 11.4 Å². The van der Waals surface area contributed by atoms with Crippen LogP contribution in [-0.4, -0.2) is 30.8 Å². The monoisotopic (exact) mass is 418 g/mol. The molecule has 0 aliphatic carbocycles.